The Kier molecular flexibility index (Phi) is 5.97. The topological polar surface area (TPSA) is 33.5 Å². The lowest BCUT2D eigenvalue weighted by molar-refractivity contribution is 0.306. The standard InChI is InChI=1S/C36H34N4O/c1-36(2,3)26-19-25(20-27(21-26)39-24-38(4)32-13-7-8-14-33(32)39)23-41-28-16-17-30-29-11-5-6-12-31(29)40(34(30)22-28)35-15-9-10-18-37-35/h5-22H,23-24H2,1-4H3. The van der Waals surface area contributed by atoms with Crippen LogP contribution in [0.3, 0.4) is 0 Å². The van der Waals surface area contributed by atoms with Crippen LogP contribution in [0.25, 0.3) is 27.6 Å². The predicted octanol–water partition coefficient (Wildman–Crippen LogP) is 8.60. The number of hydrogen-bond donors (Lipinski definition) is 0. The van der Waals surface area contributed by atoms with E-state index in [0.29, 0.717) is 6.61 Å². The highest BCUT2D eigenvalue weighted by atomic mass is 16.5. The van der Waals surface area contributed by atoms with Crippen LogP contribution in [-0.4, -0.2) is 23.3 Å². The Hall–Kier alpha value is -4.77. The van der Waals surface area contributed by atoms with Crippen molar-refractivity contribution < 1.29 is 4.74 Å². The molecule has 6 aromatic rings. The lowest BCUT2D eigenvalue weighted by atomic mass is 9.85. The molecule has 0 fully saturated rings. The molecule has 0 saturated carbocycles. The van der Waals surface area contributed by atoms with Gasteiger partial charge in [-0.05, 0) is 71.1 Å². The van der Waals surface area contributed by atoms with Gasteiger partial charge in [-0.1, -0.05) is 63.2 Å². The van der Waals surface area contributed by atoms with Crippen LogP contribution < -0.4 is 14.5 Å². The molecule has 0 saturated heterocycles. The average Bonchev–Trinajstić information content (AvgIpc) is 3.50. The van der Waals surface area contributed by atoms with E-state index in [2.05, 4.69) is 132 Å². The molecule has 2 aromatic heterocycles. The number of anilines is 3. The first-order chi connectivity index (χ1) is 19.9. The second-order valence-electron chi connectivity index (χ2n) is 11.9. The van der Waals surface area contributed by atoms with E-state index in [4.69, 9.17) is 4.74 Å². The van der Waals surface area contributed by atoms with E-state index in [-0.39, 0.29) is 5.41 Å². The van der Waals surface area contributed by atoms with Crippen LogP contribution in [-0.2, 0) is 12.0 Å². The Labute approximate surface area is 241 Å². The first kappa shape index (κ1) is 25.2. The van der Waals surface area contributed by atoms with Crippen LogP contribution in [0.5, 0.6) is 5.75 Å². The van der Waals surface area contributed by atoms with Gasteiger partial charge in [0.05, 0.1) is 29.1 Å². The van der Waals surface area contributed by atoms with Crippen molar-refractivity contribution in [3.05, 3.63) is 120 Å². The molecular weight excluding hydrogens is 504 g/mol. The molecule has 7 rings (SSSR count). The Morgan fingerprint density at radius 1 is 0.756 bits per heavy atom. The normalized spacial score (nSPS) is 13.3. The van der Waals surface area contributed by atoms with Crippen molar-refractivity contribution in [3.8, 4) is 11.6 Å². The van der Waals surface area contributed by atoms with E-state index in [1.807, 2.05) is 24.4 Å². The number of aromatic nitrogens is 2. The molecule has 0 unspecified atom stereocenters. The number of pyridine rings is 1. The largest absolute Gasteiger partial charge is 0.489 e. The summed E-state index contributed by atoms with van der Waals surface area (Å²) in [6.07, 6.45) is 1.84. The molecule has 1 aliphatic rings. The molecule has 1 aliphatic heterocycles. The Morgan fingerprint density at radius 2 is 1.51 bits per heavy atom. The minimum atomic E-state index is 0.0123. The third-order valence-electron chi connectivity index (χ3n) is 8.02. The fourth-order valence-electron chi connectivity index (χ4n) is 5.89. The van der Waals surface area contributed by atoms with Crippen molar-refractivity contribution in [2.75, 3.05) is 23.5 Å². The van der Waals surface area contributed by atoms with Crippen molar-refractivity contribution in [1.29, 1.82) is 0 Å². The summed E-state index contributed by atoms with van der Waals surface area (Å²) in [5.41, 5.74) is 8.37. The van der Waals surface area contributed by atoms with Gasteiger partial charge in [0.2, 0.25) is 0 Å². The van der Waals surface area contributed by atoms with Gasteiger partial charge < -0.3 is 14.5 Å². The van der Waals surface area contributed by atoms with E-state index in [1.165, 1.54) is 33.4 Å². The molecule has 4 aromatic carbocycles. The summed E-state index contributed by atoms with van der Waals surface area (Å²) in [5.74, 6) is 1.74. The van der Waals surface area contributed by atoms with Gasteiger partial charge in [-0.2, -0.15) is 0 Å². The fraction of sp³-hybridized carbons (Fsp3) is 0.194. The minimum Gasteiger partial charge on any atom is -0.489 e. The molecule has 41 heavy (non-hydrogen) atoms. The maximum absolute atomic E-state index is 6.50. The number of rotatable bonds is 5. The molecule has 5 nitrogen and oxygen atoms in total. The highest BCUT2D eigenvalue weighted by Gasteiger charge is 2.26. The molecular formula is C36H34N4O. The molecule has 0 aliphatic carbocycles. The zero-order chi connectivity index (χ0) is 28.1. The quantitative estimate of drug-likeness (QED) is 0.220. The number of fused-ring (bicyclic) bond motifs is 4. The molecule has 0 spiro atoms. The smallest absolute Gasteiger partial charge is 0.137 e. The lowest BCUT2D eigenvalue weighted by Crippen LogP contribution is -2.24. The Bertz CT molecular complexity index is 1880. The molecule has 0 radical (unpaired) electrons. The number of ether oxygens (including phenoxy) is 1. The average molecular weight is 539 g/mol. The second-order valence-corrected chi connectivity index (χ2v) is 11.9. The van der Waals surface area contributed by atoms with E-state index in [1.54, 1.807) is 0 Å². The first-order valence-corrected chi connectivity index (χ1v) is 14.2. The van der Waals surface area contributed by atoms with E-state index in [9.17, 15) is 0 Å². The van der Waals surface area contributed by atoms with Gasteiger partial charge in [0.1, 0.15) is 18.2 Å². The highest BCUT2D eigenvalue weighted by Crippen LogP contribution is 2.41. The zero-order valence-corrected chi connectivity index (χ0v) is 24.0. The summed E-state index contributed by atoms with van der Waals surface area (Å²) in [5, 5.41) is 2.39. The van der Waals surface area contributed by atoms with Crippen molar-refractivity contribution in [1.82, 2.24) is 9.55 Å². The zero-order valence-electron chi connectivity index (χ0n) is 24.0. The van der Waals surface area contributed by atoms with Gasteiger partial charge in [0.25, 0.3) is 0 Å². The van der Waals surface area contributed by atoms with Gasteiger partial charge in [0, 0.05) is 35.8 Å². The monoisotopic (exact) mass is 538 g/mol. The van der Waals surface area contributed by atoms with Gasteiger partial charge in [-0.3, -0.25) is 4.57 Å². The molecule has 3 heterocycles. The van der Waals surface area contributed by atoms with Crippen LogP contribution in [0.15, 0.2) is 109 Å². The van der Waals surface area contributed by atoms with Crippen LogP contribution in [0.1, 0.15) is 31.9 Å². The van der Waals surface area contributed by atoms with E-state index >= 15 is 0 Å². The third-order valence-corrected chi connectivity index (χ3v) is 8.02. The van der Waals surface area contributed by atoms with Crippen LogP contribution >= 0.6 is 0 Å². The third kappa shape index (κ3) is 4.48. The maximum atomic E-state index is 6.50. The summed E-state index contributed by atoms with van der Waals surface area (Å²) in [6.45, 7) is 8.11. The maximum Gasteiger partial charge on any atom is 0.137 e. The van der Waals surface area contributed by atoms with Crippen molar-refractivity contribution in [3.63, 3.8) is 0 Å². The van der Waals surface area contributed by atoms with E-state index < -0.39 is 0 Å². The highest BCUT2D eigenvalue weighted by molar-refractivity contribution is 6.09. The predicted molar refractivity (Wildman–Crippen MR) is 170 cm³/mol. The molecule has 5 heteroatoms. The molecule has 0 N–H and O–H groups in total. The SMILES string of the molecule is CN1CN(c2cc(COc3ccc4c5ccccc5n(-c5ccccn5)c4c3)cc(C(C)(C)C)c2)c2ccccc21. The van der Waals surface area contributed by atoms with Crippen molar-refractivity contribution in [2.45, 2.75) is 32.8 Å². The minimum absolute atomic E-state index is 0.0123. The molecule has 204 valence electrons. The number of benzene rings is 4. The van der Waals surface area contributed by atoms with Crippen molar-refractivity contribution >= 4 is 38.9 Å². The first-order valence-electron chi connectivity index (χ1n) is 14.2. The Morgan fingerprint density at radius 3 is 2.32 bits per heavy atom. The number of nitrogens with zero attached hydrogens (tertiary/aromatic N) is 4. The van der Waals surface area contributed by atoms with Gasteiger partial charge in [0.15, 0.2) is 0 Å². The van der Waals surface area contributed by atoms with Crippen molar-refractivity contribution in [2.24, 2.45) is 0 Å². The van der Waals surface area contributed by atoms with Crippen LogP contribution in [0.2, 0.25) is 0 Å². The van der Waals surface area contributed by atoms with Crippen LogP contribution in [0, 0.1) is 0 Å². The number of para-hydroxylation sites is 3. The van der Waals surface area contributed by atoms with Gasteiger partial charge in [-0.25, -0.2) is 4.98 Å². The summed E-state index contributed by atoms with van der Waals surface area (Å²) in [4.78, 5) is 9.35. The second kappa shape index (κ2) is 9.70. The molecule has 0 amide bonds. The van der Waals surface area contributed by atoms with Crippen LogP contribution in [0.4, 0.5) is 17.1 Å². The fourth-order valence-corrected chi connectivity index (χ4v) is 5.89. The molecule has 0 atom stereocenters. The summed E-state index contributed by atoms with van der Waals surface area (Å²) in [6, 6.07) is 36.4. The summed E-state index contributed by atoms with van der Waals surface area (Å²) in [7, 11) is 2.15. The van der Waals surface area contributed by atoms with Gasteiger partial charge in [-0.15, -0.1) is 0 Å². The lowest BCUT2D eigenvalue weighted by Gasteiger charge is -2.26. The Balaban J connectivity index is 1.26. The summed E-state index contributed by atoms with van der Waals surface area (Å²) >= 11 is 0. The van der Waals surface area contributed by atoms with Gasteiger partial charge >= 0.3 is 0 Å². The number of hydrogen-bond acceptors (Lipinski definition) is 4. The summed E-state index contributed by atoms with van der Waals surface area (Å²) < 4.78 is 8.72. The molecule has 0 bridgehead atoms. The van der Waals surface area contributed by atoms with E-state index in [0.717, 1.165) is 34.8 Å².